The van der Waals surface area contributed by atoms with Gasteiger partial charge < -0.3 is 13.9 Å². The van der Waals surface area contributed by atoms with E-state index >= 15 is 0 Å². The van der Waals surface area contributed by atoms with Crippen molar-refractivity contribution in [3.05, 3.63) is 0 Å². The van der Waals surface area contributed by atoms with Crippen LogP contribution < -0.4 is 4.89 Å². The van der Waals surface area contributed by atoms with Gasteiger partial charge in [-0.05, 0) is 12.8 Å². The molecule has 0 heterocycles. The second kappa shape index (κ2) is 16.0. The van der Waals surface area contributed by atoms with E-state index in [1.54, 1.807) is 0 Å². The first-order chi connectivity index (χ1) is 9.12. The van der Waals surface area contributed by atoms with Crippen molar-refractivity contribution < 1.29 is 35.0 Å². The standard InChI is InChI=1S/C14H31O4P.Ni/c1-3-5-7-9-11-13-17-19(15,16)18-14-12-10-8-6-4-2;/h3-14H2,1-2H3,(H,15,16);/q;+2/p-1. The van der Waals surface area contributed by atoms with Crippen LogP contribution in [0.15, 0.2) is 0 Å². The summed E-state index contributed by atoms with van der Waals surface area (Å²) in [6.45, 7) is 4.80. The van der Waals surface area contributed by atoms with Crippen molar-refractivity contribution >= 4 is 7.82 Å². The average Bonchev–Trinajstić information content (AvgIpc) is 2.38. The molecule has 0 spiro atoms. The molecular formula is C14H30NiO4P+. The minimum absolute atomic E-state index is 0. The normalized spacial score (nSPS) is 11.3. The third-order valence-corrected chi connectivity index (χ3v) is 3.99. The molecule has 0 amide bonds. The van der Waals surface area contributed by atoms with E-state index in [4.69, 9.17) is 9.05 Å². The van der Waals surface area contributed by atoms with Gasteiger partial charge in [-0.1, -0.05) is 65.2 Å². The predicted octanol–water partition coefficient (Wildman–Crippen LogP) is 4.43. The van der Waals surface area contributed by atoms with Crippen molar-refractivity contribution in [3.8, 4) is 0 Å². The van der Waals surface area contributed by atoms with E-state index < -0.39 is 7.82 Å². The Balaban J connectivity index is 0. The van der Waals surface area contributed by atoms with Gasteiger partial charge in [0.1, 0.15) is 0 Å². The van der Waals surface area contributed by atoms with Gasteiger partial charge >= 0.3 is 16.5 Å². The summed E-state index contributed by atoms with van der Waals surface area (Å²) in [7, 11) is -4.05. The van der Waals surface area contributed by atoms with Gasteiger partial charge in [0, 0.05) is 0 Å². The molecule has 0 aliphatic heterocycles. The topological polar surface area (TPSA) is 58.6 Å². The van der Waals surface area contributed by atoms with Gasteiger partial charge in [0.25, 0.3) is 7.82 Å². The smallest absolute Gasteiger partial charge is 0.756 e. The quantitative estimate of drug-likeness (QED) is 0.264. The van der Waals surface area contributed by atoms with Gasteiger partial charge in [-0.25, -0.2) is 0 Å². The van der Waals surface area contributed by atoms with Crippen LogP contribution in [0.25, 0.3) is 0 Å². The minimum atomic E-state index is -4.05. The van der Waals surface area contributed by atoms with Crippen molar-refractivity contribution in [2.24, 2.45) is 0 Å². The Bertz CT molecular complexity index is 219. The van der Waals surface area contributed by atoms with E-state index in [2.05, 4.69) is 13.8 Å². The number of phosphoric acid groups is 1. The van der Waals surface area contributed by atoms with E-state index in [9.17, 15) is 9.46 Å². The van der Waals surface area contributed by atoms with Crippen LogP contribution >= 0.6 is 7.82 Å². The predicted molar refractivity (Wildman–Crippen MR) is 77.0 cm³/mol. The van der Waals surface area contributed by atoms with Crippen LogP contribution in [0.5, 0.6) is 0 Å². The molecule has 0 aromatic carbocycles. The number of rotatable bonds is 14. The minimum Gasteiger partial charge on any atom is -0.756 e. The molecule has 0 N–H and O–H groups in total. The zero-order valence-corrected chi connectivity index (χ0v) is 14.8. The zero-order valence-electron chi connectivity index (χ0n) is 12.9. The largest absolute Gasteiger partial charge is 2.00 e. The van der Waals surface area contributed by atoms with Crippen LogP contribution in [0.4, 0.5) is 0 Å². The molecule has 4 nitrogen and oxygen atoms in total. The molecule has 0 radical (unpaired) electrons. The van der Waals surface area contributed by atoms with E-state index in [1.807, 2.05) is 0 Å². The van der Waals surface area contributed by atoms with E-state index in [-0.39, 0.29) is 29.7 Å². The summed E-state index contributed by atoms with van der Waals surface area (Å²) < 4.78 is 21.0. The summed E-state index contributed by atoms with van der Waals surface area (Å²) in [6.07, 6.45) is 10.6. The van der Waals surface area contributed by atoms with Gasteiger partial charge in [-0.3, -0.25) is 4.57 Å². The van der Waals surface area contributed by atoms with Crippen LogP contribution in [0.3, 0.4) is 0 Å². The van der Waals surface area contributed by atoms with Crippen molar-refractivity contribution in [2.75, 3.05) is 13.2 Å². The van der Waals surface area contributed by atoms with Crippen molar-refractivity contribution in [2.45, 2.75) is 78.1 Å². The molecule has 124 valence electrons. The molecular weight excluding hydrogens is 322 g/mol. The van der Waals surface area contributed by atoms with Crippen LogP contribution in [0.1, 0.15) is 78.1 Å². The van der Waals surface area contributed by atoms with Gasteiger partial charge in [0.05, 0.1) is 13.2 Å². The SMILES string of the molecule is CCCCCCCOP(=O)([O-])OCCCCCCC.[Ni+2]. The Hall–Kier alpha value is 0.604. The summed E-state index contributed by atoms with van der Waals surface area (Å²) >= 11 is 0. The maximum atomic E-state index is 11.4. The number of hydrogen-bond donors (Lipinski definition) is 0. The fourth-order valence-electron chi connectivity index (χ4n) is 1.80. The molecule has 0 aliphatic carbocycles. The molecule has 6 heteroatoms. The second-order valence-electron chi connectivity index (χ2n) is 4.94. The zero-order chi connectivity index (χ0) is 14.4. The molecule has 0 atom stereocenters. The fraction of sp³-hybridized carbons (Fsp3) is 1.00. The molecule has 0 bridgehead atoms. The molecule has 0 saturated heterocycles. The van der Waals surface area contributed by atoms with Crippen LogP contribution in [0.2, 0.25) is 0 Å². The van der Waals surface area contributed by atoms with Gasteiger partial charge in [0.2, 0.25) is 0 Å². The van der Waals surface area contributed by atoms with Crippen LogP contribution in [-0.4, -0.2) is 13.2 Å². The first-order valence-electron chi connectivity index (χ1n) is 7.72. The van der Waals surface area contributed by atoms with E-state index in [0.717, 1.165) is 38.5 Å². The molecule has 0 saturated carbocycles. The van der Waals surface area contributed by atoms with Gasteiger partial charge in [-0.15, -0.1) is 0 Å². The molecule has 0 fully saturated rings. The van der Waals surface area contributed by atoms with Crippen molar-refractivity contribution in [1.29, 1.82) is 0 Å². The molecule has 0 rings (SSSR count). The number of phosphoric ester groups is 1. The Morgan fingerprint density at radius 1 is 0.750 bits per heavy atom. The molecule has 0 aliphatic rings. The summed E-state index contributed by atoms with van der Waals surface area (Å²) in [5.41, 5.74) is 0. The monoisotopic (exact) mass is 351 g/mol. The van der Waals surface area contributed by atoms with Crippen LogP contribution in [0, 0.1) is 0 Å². The Morgan fingerprint density at radius 2 is 1.10 bits per heavy atom. The Morgan fingerprint density at radius 3 is 1.45 bits per heavy atom. The fourth-order valence-corrected chi connectivity index (χ4v) is 2.58. The van der Waals surface area contributed by atoms with Crippen LogP contribution in [-0.2, 0) is 30.1 Å². The number of unbranched alkanes of at least 4 members (excludes halogenated alkanes) is 8. The van der Waals surface area contributed by atoms with Crippen molar-refractivity contribution in [1.82, 2.24) is 0 Å². The average molecular weight is 352 g/mol. The Labute approximate surface area is 134 Å². The maximum absolute atomic E-state index is 11.4. The second-order valence-corrected chi connectivity index (χ2v) is 6.35. The summed E-state index contributed by atoms with van der Waals surface area (Å²) in [4.78, 5) is 11.4. The van der Waals surface area contributed by atoms with E-state index in [1.165, 1.54) is 25.7 Å². The summed E-state index contributed by atoms with van der Waals surface area (Å²) in [5.74, 6) is 0. The van der Waals surface area contributed by atoms with Crippen molar-refractivity contribution in [3.63, 3.8) is 0 Å². The third-order valence-electron chi connectivity index (χ3n) is 2.99. The summed E-state index contributed by atoms with van der Waals surface area (Å²) in [6, 6.07) is 0. The van der Waals surface area contributed by atoms with Gasteiger partial charge in [-0.2, -0.15) is 0 Å². The van der Waals surface area contributed by atoms with Gasteiger partial charge in [0.15, 0.2) is 0 Å². The molecule has 20 heavy (non-hydrogen) atoms. The Kier molecular flexibility index (Phi) is 18.3. The summed E-state index contributed by atoms with van der Waals surface area (Å²) in [5, 5.41) is 0. The first kappa shape index (κ1) is 22.9. The maximum Gasteiger partial charge on any atom is 2.00 e. The molecule has 0 aromatic heterocycles. The number of hydrogen-bond acceptors (Lipinski definition) is 4. The molecule has 0 unspecified atom stereocenters. The molecule has 0 aromatic rings. The first-order valence-corrected chi connectivity index (χ1v) is 9.18. The van der Waals surface area contributed by atoms with E-state index in [0.29, 0.717) is 0 Å². The third kappa shape index (κ3) is 16.7.